The number of methoxy groups -OCH3 is 2. The van der Waals surface area contributed by atoms with E-state index < -0.39 is 36.1 Å². The molecule has 0 aliphatic carbocycles. The van der Waals surface area contributed by atoms with E-state index in [-0.39, 0.29) is 30.3 Å². The third kappa shape index (κ3) is 8.78. The first-order valence-electron chi connectivity index (χ1n) is 21.9. The standard InChI is InChI=1S/C49H52N8O8/c1-29(2)41(54-47(60)62-3)45(58)57-28-49(64-21-22-65-49)25-40(57)44-51-26-37(52-44)31-14-12-30(13-15-31)33-16-17-35-24-36(19-18-34(35)23-33)38-27-50-43(53-38)39-11-8-20-56(39)46(59)42(55-48(61)63-4)32-9-6-5-7-10-32/h5-7,9-10,12-19,23-24,26-27,29,39-42H,8,11,20-22,25,28H2,1-4H3,(H,50,53)(H,51,52)(H,54,60)(H,55,61)/t39-,40-,41?,42+/m0/s1. The molecule has 3 saturated heterocycles. The third-order valence-electron chi connectivity index (χ3n) is 12.6. The molecule has 4 aromatic carbocycles. The van der Waals surface area contributed by atoms with Crippen molar-refractivity contribution in [1.29, 1.82) is 0 Å². The molecule has 6 aromatic rings. The SMILES string of the molecule is COC(=O)NC(C(=O)N1CC2(C[C@H]1c1ncc(-c3ccc(-c4ccc5cc(-c6cnc([C@@H]7CCCN7C(=O)[C@H](NC(=O)OC)c7ccccc7)[nH]6)ccc5c4)cc3)[nH]1)OCCO2)C(C)C. The Kier molecular flexibility index (Phi) is 12.1. The van der Waals surface area contributed by atoms with Crippen molar-refractivity contribution in [2.45, 2.75) is 63.1 Å². The Bertz CT molecular complexity index is 2690. The van der Waals surface area contributed by atoms with Crippen LogP contribution in [0.3, 0.4) is 0 Å². The van der Waals surface area contributed by atoms with Gasteiger partial charge in [-0.05, 0) is 63.9 Å². The van der Waals surface area contributed by atoms with Crippen LogP contribution in [-0.4, -0.2) is 106 Å². The Labute approximate surface area is 376 Å². The van der Waals surface area contributed by atoms with Gasteiger partial charge in [0.15, 0.2) is 5.79 Å². The zero-order chi connectivity index (χ0) is 45.2. The molecule has 0 bridgehead atoms. The number of carbonyl (C=O) groups excluding carboxylic acids is 4. The second-order valence-corrected chi connectivity index (χ2v) is 17.0. The lowest BCUT2D eigenvalue weighted by Gasteiger charge is -2.30. The van der Waals surface area contributed by atoms with Crippen LogP contribution in [0.2, 0.25) is 0 Å². The number of H-pyrrole nitrogens is 2. The van der Waals surface area contributed by atoms with Gasteiger partial charge < -0.3 is 49.3 Å². The van der Waals surface area contributed by atoms with E-state index in [1.165, 1.54) is 14.2 Å². The fourth-order valence-electron chi connectivity index (χ4n) is 9.23. The first kappa shape index (κ1) is 43.2. The summed E-state index contributed by atoms with van der Waals surface area (Å²) in [6, 6.07) is 27.7. The molecule has 9 rings (SSSR count). The summed E-state index contributed by atoms with van der Waals surface area (Å²) in [5.74, 6) is -0.308. The summed E-state index contributed by atoms with van der Waals surface area (Å²) >= 11 is 0. The Hall–Kier alpha value is -7.04. The maximum Gasteiger partial charge on any atom is 0.407 e. The van der Waals surface area contributed by atoms with Crippen LogP contribution in [0.1, 0.15) is 68.4 Å². The quantitative estimate of drug-likeness (QED) is 0.102. The minimum Gasteiger partial charge on any atom is -0.453 e. The number of aromatic amines is 2. The lowest BCUT2D eigenvalue weighted by Crippen LogP contribution is -2.52. The Balaban J connectivity index is 0.890. The molecule has 1 spiro atoms. The summed E-state index contributed by atoms with van der Waals surface area (Å²) in [7, 11) is 2.55. The van der Waals surface area contributed by atoms with Gasteiger partial charge in [0.2, 0.25) is 5.91 Å². The molecule has 16 nitrogen and oxygen atoms in total. The van der Waals surface area contributed by atoms with Crippen LogP contribution in [0.25, 0.3) is 44.4 Å². The maximum atomic E-state index is 14.0. The van der Waals surface area contributed by atoms with Crippen LogP contribution in [0.5, 0.6) is 0 Å². The number of rotatable bonds is 11. The molecule has 65 heavy (non-hydrogen) atoms. The smallest absolute Gasteiger partial charge is 0.407 e. The summed E-state index contributed by atoms with van der Waals surface area (Å²) in [5, 5.41) is 7.56. The van der Waals surface area contributed by atoms with Gasteiger partial charge >= 0.3 is 12.2 Å². The molecule has 4 N–H and O–H groups in total. The van der Waals surface area contributed by atoms with E-state index in [1.807, 2.05) is 62.5 Å². The number of aromatic nitrogens is 4. The fourth-order valence-corrected chi connectivity index (χ4v) is 9.23. The summed E-state index contributed by atoms with van der Waals surface area (Å²) in [5.41, 5.74) is 6.34. The summed E-state index contributed by atoms with van der Waals surface area (Å²) < 4.78 is 21.7. The van der Waals surface area contributed by atoms with Crippen molar-refractivity contribution in [3.05, 3.63) is 121 Å². The van der Waals surface area contributed by atoms with Crippen LogP contribution in [0.4, 0.5) is 9.59 Å². The summed E-state index contributed by atoms with van der Waals surface area (Å²) in [6.07, 6.45) is 4.19. The first-order valence-corrected chi connectivity index (χ1v) is 21.9. The predicted molar refractivity (Wildman–Crippen MR) is 241 cm³/mol. The monoisotopic (exact) mass is 880 g/mol. The van der Waals surface area contributed by atoms with Crippen molar-refractivity contribution in [3.8, 4) is 33.6 Å². The third-order valence-corrected chi connectivity index (χ3v) is 12.6. The number of hydrogen-bond donors (Lipinski definition) is 4. The van der Waals surface area contributed by atoms with E-state index in [1.54, 1.807) is 16.0 Å². The molecule has 0 radical (unpaired) electrons. The molecular weight excluding hydrogens is 829 g/mol. The van der Waals surface area contributed by atoms with E-state index in [4.69, 9.17) is 28.9 Å². The topological polar surface area (TPSA) is 193 Å². The lowest BCUT2D eigenvalue weighted by atomic mass is 9.98. The van der Waals surface area contributed by atoms with Gasteiger partial charge in [-0.3, -0.25) is 9.59 Å². The highest BCUT2D eigenvalue weighted by Gasteiger charge is 2.53. The number of carbonyl (C=O) groups is 4. The molecule has 336 valence electrons. The van der Waals surface area contributed by atoms with Gasteiger partial charge in [0.1, 0.15) is 23.7 Å². The normalized spacial score (nSPS) is 18.8. The van der Waals surface area contributed by atoms with Gasteiger partial charge in [0.05, 0.1) is 69.8 Å². The number of nitrogens with zero attached hydrogens (tertiary/aromatic N) is 4. The van der Waals surface area contributed by atoms with Crippen LogP contribution in [0, 0.1) is 5.92 Å². The van der Waals surface area contributed by atoms with Crippen molar-refractivity contribution < 1.29 is 38.1 Å². The zero-order valence-corrected chi connectivity index (χ0v) is 36.7. The molecule has 3 fully saturated rings. The minimum absolute atomic E-state index is 0.194. The first-order chi connectivity index (χ1) is 31.5. The largest absolute Gasteiger partial charge is 0.453 e. The van der Waals surface area contributed by atoms with E-state index in [0.29, 0.717) is 43.4 Å². The number of likely N-dealkylation sites (tertiary alicyclic amines) is 2. The highest BCUT2D eigenvalue weighted by atomic mass is 16.7. The molecule has 4 amide bonds. The molecule has 2 aromatic heterocycles. The number of benzene rings is 4. The lowest BCUT2D eigenvalue weighted by molar-refractivity contribution is -0.153. The second kappa shape index (κ2) is 18.2. The Morgan fingerprint density at radius 3 is 1.95 bits per heavy atom. The predicted octanol–water partition coefficient (Wildman–Crippen LogP) is 7.44. The van der Waals surface area contributed by atoms with Gasteiger partial charge in [0.25, 0.3) is 5.91 Å². The molecular formula is C49H52N8O8. The van der Waals surface area contributed by atoms with Crippen molar-refractivity contribution in [2.24, 2.45) is 5.92 Å². The Morgan fingerprint density at radius 1 is 0.708 bits per heavy atom. The van der Waals surface area contributed by atoms with Crippen LogP contribution >= 0.6 is 0 Å². The highest BCUT2D eigenvalue weighted by Crippen LogP contribution is 2.43. The number of nitrogens with one attached hydrogen (secondary N) is 4. The number of alkyl carbamates (subject to hydrolysis) is 2. The van der Waals surface area contributed by atoms with Crippen LogP contribution in [0.15, 0.2) is 103 Å². The molecule has 4 atom stereocenters. The molecule has 3 aliphatic heterocycles. The fraction of sp³-hybridized carbons (Fsp3) is 0.347. The van der Waals surface area contributed by atoms with Crippen molar-refractivity contribution >= 4 is 34.8 Å². The number of imidazole rings is 2. The molecule has 0 saturated carbocycles. The Morgan fingerprint density at radius 2 is 1.29 bits per heavy atom. The molecule has 3 aliphatic rings. The van der Waals surface area contributed by atoms with Crippen LogP contribution < -0.4 is 10.6 Å². The average Bonchev–Trinajstić information content (AvgIpc) is 4.21. The summed E-state index contributed by atoms with van der Waals surface area (Å²) in [6.45, 7) is 5.38. The van der Waals surface area contributed by atoms with E-state index in [2.05, 4.69) is 69.1 Å². The van der Waals surface area contributed by atoms with Crippen molar-refractivity contribution in [1.82, 2.24) is 40.4 Å². The highest BCUT2D eigenvalue weighted by molar-refractivity contribution is 5.91. The number of hydrogen-bond acceptors (Lipinski definition) is 10. The van der Waals surface area contributed by atoms with E-state index >= 15 is 0 Å². The van der Waals surface area contributed by atoms with E-state index in [0.717, 1.165) is 57.3 Å². The number of amides is 4. The van der Waals surface area contributed by atoms with Crippen LogP contribution in [-0.2, 0) is 28.5 Å². The zero-order valence-electron chi connectivity index (χ0n) is 36.7. The summed E-state index contributed by atoms with van der Waals surface area (Å²) in [4.78, 5) is 72.3. The minimum atomic E-state index is -0.937. The molecule has 1 unspecified atom stereocenters. The maximum absolute atomic E-state index is 14.0. The number of fused-ring (bicyclic) bond motifs is 1. The average molecular weight is 881 g/mol. The van der Waals surface area contributed by atoms with Gasteiger partial charge in [-0.15, -0.1) is 0 Å². The van der Waals surface area contributed by atoms with Gasteiger partial charge in [0, 0.05) is 18.5 Å². The van der Waals surface area contributed by atoms with Gasteiger partial charge in [-0.25, -0.2) is 19.6 Å². The molecule has 16 heteroatoms. The number of ether oxygens (including phenoxy) is 4. The van der Waals surface area contributed by atoms with Gasteiger partial charge in [-0.2, -0.15) is 0 Å². The van der Waals surface area contributed by atoms with E-state index in [9.17, 15) is 19.2 Å². The second-order valence-electron chi connectivity index (χ2n) is 17.0. The molecule has 5 heterocycles. The van der Waals surface area contributed by atoms with Gasteiger partial charge in [-0.1, -0.05) is 92.7 Å². The van der Waals surface area contributed by atoms with Crippen molar-refractivity contribution in [2.75, 3.05) is 40.5 Å². The van der Waals surface area contributed by atoms with Crippen molar-refractivity contribution in [3.63, 3.8) is 0 Å².